The molecule has 10 heteroatoms. The van der Waals surface area contributed by atoms with Crippen LogP contribution in [0.4, 0.5) is 22.1 Å². The van der Waals surface area contributed by atoms with Gasteiger partial charge in [0.25, 0.3) is 0 Å². The zero-order chi connectivity index (χ0) is 23.4. The van der Waals surface area contributed by atoms with Crippen molar-refractivity contribution in [2.45, 2.75) is 13.3 Å². The molecule has 3 aromatic rings. The summed E-state index contributed by atoms with van der Waals surface area (Å²) in [5.74, 6) is 0.0239. The Morgan fingerprint density at radius 1 is 1.06 bits per heavy atom. The van der Waals surface area contributed by atoms with Crippen LogP contribution in [-0.2, 0) is 16.0 Å². The summed E-state index contributed by atoms with van der Waals surface area (Å²) < 4.78 is 5.09. The predicted molar refractivity (Wildman–Crippen MR) is 123 cm³/mol. The first-order chi connectivity index (χ1) is 15.9. The highest BCUT2D eigenvalue weighted by Gasteiger charge is 2.25. The van der Waals surface area contributed by atoms with Gasteiger partial charge in [-0.1, -0.05) is 18.2 Å². The minimum absolute atomic E-state index is 0.0304. The summed E-state index contributed by atoms with van der Waals surface area (Å²) in [6.07, 6.45) is -0.499. The number of phenols is 1. The Morgan fingerprint density at radius 2 is 1.76 bits per heavy atom. The summed E-state index contributed by atoms with van der Waals surface area (Å²) in [5, 5.41) is 22.6. The van der Waals surface area contributed by atoms with Crippen LogP contribution in [0.5, 0.6) is 5.75 Å². The van der Waals surface area contributed by atoms with Gasteiger partial charge in [-0.2, -0.15) is 0 Å². The second-order valence-corrected chi connectivity index (χ2v) is 7.60. The summed E-state index contributed by atoms with van der Waals surface area (Å²) in [6, 6.07) is 12.1. The quantitative estimate of drug-likeness (QED) is 0.485. The van der Waals surface area contributed by atoms with Crippen LogP contribution in [0.15, 0.2) is 42.5 Å². The Balaban J connectivity index is 1.65. The van der Waals surface area contributed by atoms with E-state index in [1.165, 1.54) is 6.07 Å². The summed E-state index contributed by atoms with van der Waals surface area (Å²) in [7, 11) is 0. The number of ether oxygens (including phenoxy) is 1. The topological polar surface area (TPSA) is 128 Å². The first-order valence-corrected chi connectivity index (χ1v) is 10.7. The van der Waals surface area contributed by atoms with E-state index in [4.69, 9.17) is 19.8 Å². The maximum atomic E-state index is 12.0. The lowest BCUT2D eigenvalue weighted by molar-refractivity contribution is -0.136. The lowest BCUT2D eigenvalue weighted by atomic mass is 10.1. The highest BCUT2D eigenvalue weighted by atomic mass is 16.6. The van der Waals surface area contributed by atoms with Crippen LogP contribution in [0, 0.1) is 0 Å². The minimum atomic E-state index is -0.961. The van der Waals surface area contributed by atoms with Crippen molar-refractivity contribution in [3.05, 3.63) is 48.0 Å². The molecule has 2 aromatic carbocycles. The van der Waals surface area contributed by atoms with E-state index in [0.29, 0.717) is 61.2 Å². The van der Waals surface area contributed by atoms with E-state index in [-0.39, 0.29) is 18.3 Å². The molecule has 0 saturated carbocycles. The van der Waals surface area contributed by atoms with E-state index in [1.54, 1.807) is 24.0 Å². The number of carboxylic acids is 1. The van der Waals surface area contributed by atoms with Crippen molar-refractivity contribution in [1.29, 1.82) is 0 Å². The number of rotatable bonds is 6. The van der Waals surface area contributed by atoms with Crippen LogP contribution in [0.1, 0.15) is 12.5 Å². The molecule has 0 unspecified atom stereocenters. The second kappa shape index (κ2) is 9.60. The summed E-state index contributed by atoms with van der Waals surface area (Å²) >= 11 is 0. The number of amides is 1. The Labute approximate surface area is 190 Å². The first-order valence-electron chi connectivity index (χ1n) is 10.7. The van der Waals surface area contributed by atoms with Gasteiger partial charge >= 0.3 is 12.1 Å². The molecule has 33 heavy (non-hydrogen) atoms. The van der Waals surface area contributed by atoms with E-state index in [0.717, 1.165) is 5.52 Å². The van der Waals surface area contributed by atoms with Gasteiger partial charge in [0.05, 0.1) is 29.7 Å². The highest BCUT2D eigenvalue weighted by Crippen LogP contribution is 2.33. The molecule has 0 atom stereocenters. The van der Waals surface area contributed by atoms with Gasteiger partial charge < -0.3 is 30.1 Å². The molecule has 1 fully saturated rings. The Kier molecular flexibility index (Phi) is 6.43. The number of benzene rings is 2. The highest BCUT2D eigenvalue weighted by molar-refractivity contribution is 5.83. The van der Waals surface area contributed by atoms with E-state index < -0.39 is 5.97 Å². The number of aromatic hydroxyl groups is 1. The molecule has 0 spiro atoms. The van der Waals surface area contributed by atoms with Crippen molar-refractivity contribution >= 4 is 40.4 Å². The van der Waals surface area contributed by atoms with E-state index >= 15 is 0 Å². The molecule has 1 aliphatic rings. The van der Waals surface area contributed by atoms with Crippen molar-refractivity contribution in [3.63, 3.8) is 0 Å². The standard InChI is InChI=1S/C23H25N5O5/c1-2-33-23(32)28-11-9-27(10-12-28)22-21(24-16-5-3-4-6-17(16)26-22)25-18-13-15(14-20(30)31)7-8-19(18)29/h3-8,13,29H,2,9-12,14H2,1H3,(H,24,25)(H,30,31). The fraction of sp³-hybridized carbons (Fsp3) is 0.304. The molecule has 1 saturated heterocycles. The zero-order valence-corrected chi connectivity index (χ0v) is 18.2. The second-order valence-electron chi connectivity index (χ2n) is 7.60. The molecular weight excluding hydrogens is 426 g/mol. The number of piperazine rings is 1. The number of nitrogens with one attached hydrogen (secondary N) is 1. The average molecular weight is 451 g/mol. The van der Waals surface area contributed by atoms with Gasteiger partial charge in [-0.25, -0.2) is 14.8 Å². The molecule has 0 bridgehead atoms. The summed E-state index contributed by atoms with van der Waals surface area (Å²) in [5.41, 5.74) is 2.27. The Morgan fingerprint density at radius 3 is 2.42 bits per heavy atom. The minimum Gasteiger partial charge on any atom is -0.506 e. The summed E-state index contributed by atoms with van der Waals surface area (Å²) in [4.78, 5) is 36.3. The number of phenolic OH excluding ortho intramolecular Hbond substituents is 1. The number of fused-ring (bicyclic) bond motifs is 1. The molecule has 2 heterocycles. The Bertz CT molecular complexity index is 1180. The summed E-state index contributed by atoms with van der Waals surface area (Å²) in [6.45, 7) is 4.13. The predicted octanol–water partition coefficient (Wildman–Crippen LogP) is 2.98. The number of para-hydroxylation sites is 2. The van der Waals surface area contributed by atoms with Crippen molar-refractivity contribution < 1.29 is 24.5 Å². The molecule has 0 aliphatic carbocycles. The van der Waals surface area contributed by atoms with Gasteiger partial charge in [0.2, 0.25) is 0 Å². The SMILES string of the molecule is CCOC(=O)N1CCN(c2nc3ccccc3nc2Nc2cc(CC(=O)O)ccc2O)CC1. The number of anilines is 3. The zero-order valence-electron chi connectivity index (χ0n) is 18.2. The fourth-order valence-electron chi connectivity index (χ4n) is 3.71. The molecule has 172 valence electrons. The van der Waals surface area contributed by atoms with Crippen LogP contribution in [0.2, 0.25) is 0 Å². The first kappa shape index (κ1) is 22.1. The third-order valence-corrected chi connectivity index (χ3v) is 5.33. The van der Waals surface area contributed by atoms with Gasteiger partial charge in [0.15, 0.2) is 11.6 Å². The Hall–Kier alpha value is -4.08. The number of hydrogen-bond acceptors (Lipinski definition) is 8. The fourth-order valence-corrected chi connectivity index (χ4v) is 3.71. The van der Waals surface area contributed by atoms with Gasteiger partial charge in [-0.05, 0) is 36.8 Å². The van der Waals surface area contributed by atoms with Gasteiger partial charge in [0, 0.05) is 26.2 Å². The lowest BCUT2D eigenvalue weighted by Gasteiger charge is -2.35. The van der Waals surface area contributed by atoms with Gasteiger partial charge in [0.1, 0.15) is 5.75 Å². The van der Waals surface area contributed by atoms with Crippen molar-refractivity contribution in [2.24, 2.45) is 0 Å². The molecule has 10 nitrogen and oxygen atoms in total. The monoisotopic (exact) mass is 451 g/mol. The molecular formula is C23H25N5O5. The van der Waals surface area contributed by atoms with Gasteiger partial charge in [-0.15, -0.1) is 0 Å². The number of aromatic nitrogens is 2. The number of nitrogens with zero attached hydrogens (tertiary/aromatic N) is 4. The maximum absolute atomic E-state index is 12.0. The number of aliphatic carboxylic acids is 1. The molecule has 4 rings (SSSR count). The number of carbonyl (C=O) groups is 2. The van der Waals surface area contributed by atoms with Crippen LogP contribution in [-0.4, -0.2) is 69.9 Å². The number of carboxylic acid groups (broad SMARTS) is 1. The van der Waals surface area contributed by atoms with Crippen molar-refractivity contribution in [2.75, 3.05) is 43.0 Å². The van der Waals surface area contributed by atoms with Crippen molar-refractivity contribution in [1.82, 2.24) is 14.9 Å². The smallest absolute Gasteiger partial charge is 0.409 e. The van der Waals surface area contributed by atoms with Gasteiger partial charge in [-0.3, -0.25) is 4.79 Å². The van der Waals surface area contributed by atoms with E-state index in [1.807, 2.05) is 29.2 Å². The molecule has 3 N–H and O–H groups in total. The molecule has 0 radical (unpaired) electrons. The van der Waals surface area contributed by atoms with E-state index in [9.17, 15) is 14.7 Å². The average Bonchev–Trinajstić information content (AvgIpc) is 2.81. The molecule has 1 aliphatic heterocycles. The van der Waals surface area contributed by atoms with Crippen molar-refractivity contribution in [3.8, 4) is 5.75 Å². The van der Waals surface area contributed by atoms with Crippen LogP contribution < -0.4 is 10.2 Å². The van der Waals surface area contributed by atoms with Crippen LogP contribution >= 0.6 is 0 Å². The van der Waals surface area contributed by atoms with Crippen LogP contribution in [0.3, 0.4) is 0 Å². The normalized spacial score (nSPS) is 13.7. The van der Waals surface area contributed by atoms with E-state index in [2.05, 4.69) is 5.32 Å². The third kappa shape index (κ3) is 5.05. The number of hydrogen-bond donors (Lipinski definition) is 3. The lowest BCUT2D eigenvalue weighted by Crippen LogP contribution is -2.49. The van der Waals surface area contributed by atoms with Crippen LogP contribution in [0.25, 0.3) is 11.0 Å². The largest absolute Gasteiger partial charge is 0.506 e. The molecule has 1 amide bonds. The number of carbonyl (C=O) groups excluding carboxylic acids is 1. The third-order valence-electron chi connectivity index (χ3n) is 5.33. The maximum Gasteiger partial charge on any atom is 0.409 e. The molecule has 1 aromatic heterocycles.